The Bertz CT molecular complexity index is 1010. The quantitative estimate of drug-likeness (QED) is 0.754. The van der Waals surface area contributed by atoms with Gasteiger partial charge in [-0.05, 0) is 45.4 Å². The van der Waals surface area contributed by atoms with Gasteiger partial charge in [0.25, 0.3) is 0 Å². The Hall–Kier alpha value is -3.00. The van der Waals surface area contributed by atoms with Crippen LogP contribution in [-0.2, 0) is 0 Å². The molecule has 0 amide bonds. The Morgan fingerprint density at radius 1 is 1.17 bits per heavy atom. The number of anilines is 1. The summed E-state index contributed by atoms with van der Waals surface area (Å²) in [4.78, 5) is 12.4. The van der Waals surface area contributed by atoms with Crippen molar-refractivity contribution in [3.05, 3.63) is 52.1 Å². The number of benzene rings is 1. The SMILES string of the molecule is Cc1cc2oc(NC(C)(C)C)c(-c3cccc(C#N)c3)c2c(=O)o1. The third kappa shape index (κ3) is 2.91. The predicted octanol–water partition coefficient (Wildman–Crippen LogP) is 4.44. The fourth-order valence-electron chi connectivity index (χ4n) is 2.61. The van der Waals surface area contributed by atoms with E-state index in [0.29, 0.717) is 33.7 Å². The predicted molar refractivity (Wildman–Crippen MR) is 93.0 cm³/mol. The van der Waals surface area contributed by atoms with E-state index in [1.54, 1.807) is 31.2 Å². The summed E-state index contributed by atoms with van der Waals surface area (Å²) in [6, 6.07) is 10.9. The van der Waals surface area contributed by atoms with Crippen LogP contribution in [0.15, 0.2) is 44.0 Å². The molecule has 122 valence electrons. The van der Waals surface area contributed by atoms with Crippen LogP contribution in [-0.4, -0.2) is 5.54 Å². The van der Waals surface area contributed by atoms with Crippen molar-refractivity contribution in [3.63, 3.8) is 0 Å². The molecule has 1 N–H and O–H groups in total. The lowest BCUT2D eigenvalue weighted by atomic mass is 10.0. The molecule has 0 aliphatic heterocycles. The summed E-state index contributed by atoms with van der Waals surface area (Å²) in [6.45, 7) is 7.71. The molecular weight excluding hydrogens is 304 g/mol. The van der Waals surface area contributed by atoms with Gasteiger partial charge >= 0.3 is 5.63 Å². The summed E-state index contributed by atoms with van der Waals surface area (Å²) in [5, 5.41) is 12.8. The highest BCUT2D eigenvalue weighted by atomic mass is 16.4. The molecule has 0 fully saturated rings. The third-order valence-corrected chi connectivity index (χ3v) is 3.50. The van der Waals surface area contributed by atoms with Gasteiger partial charge in [0.2, 0.25) is 5.88 Å². The average molecular weight is 322 g/mol. The molecule has 0 aliphatic rings. The van der Waals surface area contributed by atoms with E-state index in [4.69, 9.17) is 14.1 Å². The van der Waals surface area contributed by atoms with Crippen LogP contribution in [0.1, 0.15) is 32.1 Å². The second-order valence-electron chi connectivity index (χ2n) is 6.76. The zero-order chi connectivity index (χ0) is 17.5. The van der Waals surface area contributed by atoms with Crippen LogP contribution in [0.3, 0.4) is 0 Å². The average Bonchev–Trinajstić information content (AvgIpc) is 2.83. The first-order valence-electron chi connectivity index (χ1n) is 7.64. The molecule has 0 saturated carbocycles. The third-order valence-electron chi connectivity index (χ3n) is 3.50. The van der Waals surface area contributed by atoms with Crippen LogP contribution in [0.25, 0.3) is 22.1 Å². The van der Waals surface area contributed by atoms with Gasteiger partial charge in [0.15, 0.2) is 0 Å². The molecule has 0 unspecified atom stereocenters. The van der Waals surface area contributed by atoms with Crippen molar-refractivity contribution >= 4 is 16.9 Å². The molecule has 1 aromatic carbocycles. The number of fused-ring (bicyclic) bond motifs is 1. The number of rotatable bonds is 2. The fraction of sp³-hybridized carbons (Fsp3) is 0.263. The maximum atomic E-state index is 12.4. The van der Waals surface area contributed by atoms with Crippen molar-refractivity contribution in [2.45, 2.75) is 33.2 Å². The van der Waals surface area contributed by atoms with Crippen molar-refractivity contribution in [2.24, 2.45) is 0 Å². The van der Waals surface area contributed by atoms with Crippen LogP contribution in [0, 0.1) is 18.3 Å². The molecule has 24 heavy (non-hydrogen) atoms. The normalized spacial score (nSPS) is 11.5. The first-order valence-corrected chi connectivity index (χ1v) is 7.64. The number of aryl methyl sites for hydroxylation is 1. The van der Waals surface area contributed by atoms with Crippen LogP contribution in [0.5, 0.6) is 0 Å². The molecule has 2 aromatic heterocycles. The summed E-state index contributed by atoms with van der Waals surface area (Å²) >= 11 is 0. The van der Waals surface area contributed by atoms with Crippen LogP contribution in [0.4, 0.5) is 5.88 Å². The van der Waals surface area contributed by atoms with Gasteiger partial charge in [-0.3, -0.25) is 0 Å². The summed E-state index contributed by atoms with van der Waals surface area (Å²) in [7, 11) is 0. The molecule has 5 heteroatoms. The number of nitrogens with zero attached hydrogens (tertiary/aromatic N) is 1. The smallest absolute Gasteiger partial charge is 0.347 e. The molecule has 0 atom stereocenters. The van der Waals surface area contributed by atoms with Gasteiger partial charge in [-0.15, -0.1) is 0 Å². The van der Waals surface area contributed by atoms with E-state index in [-0.39, 0.29) is 5.54 Å². The topological polar surface area (TPSA) is 79.2 Å². The largest absolute Gasteiger partial charge is 0.440 e. The lowest BCUT2D eigenvalue weighted by Gasteiger charge is -2.21. The monoisotopic (exact) mass is 322 g/mol. The minimum atomic E-state index is -0.451. The number of hydrogen-bond donors (Lipinski definition) is 1. The summed E-state index contributed by atoms with van der Waals surface area (Å²) in [5.74, 6) is 0.978. The number of furan rings is 1. The molecule has 2 heterocycles. The minimum absolute atomic E-state index is 0.259. The molecule has 0 saturated heterocycles. The van der Waals surface area contributed by atoms with Gasteiger partial charge in [0, 0.05) is 11.6 Å². The van der Waals surface area contributed by atoms with E-state index in [2.05, 4.69) is 11.4 Å². The molecule has 5 nitrogen and oxygen atoms in total. The van der Waals surface area contributed by atoms with E-state index in [1.807, 2.05) is 26.8 Å². The van der Waals surface area contributed by atoms with E-state index in [1.165, 1.54) is 0 Å². The molecular formula is C19H18N2O3. The van der Waals surface area contributed by atoms with Crippen molar-refractivity contribution < 1.29 is 8.83 Å². The molecule has 3 aromatic rings. The standard InChI is InChI=1S/C19H18N2O3/c1-11-8-14-16(18(22)23-11)15(17(24-14)21-19(2,3)4)13-7-5-6-12(9-13)10-20/h5-9,21H,1-4H3. The zero-order valence-corrected chi connectivity index (χ0v) is 14.1. The molecule has 0 aliphatic carbocycles. The Balaban J connectivity index is 2.36. The second-order valence-corrected chi connectivity index (χ2v) is 6.76. The van der Waals surface area contributed by atoms with Gasteiger partial charge in [0.05, 0.1) is 17.2 Å². The summed E-state index contributed by atoms with van der Waals surface area (Å²) in [5.41, 5.74) is 1.62. The highest BCUT2D eigenvalue weighted by Crippen LogP contribution is 2.38. The van der Waals surface area contributed by atoms with Crippen molar-refractivity contribution in [3.8, 4) is 17.2 Å². The van der Waals surface area contributed by atoms with Crippen molar-refractivity contribution in [2.75, 3.05) is 5.32 Å². The highest BCUT2D eigenvalue weighted by Gasteiger charge is 2.23. The zero-order valence-electron chi connectivity index (χ0n) is 14.1. The van der Waals surface area contributed by atoms with Crippen molar-refractivity contribution in [1.29, 1.82) is 5.26 Å². The fourth-order valence-corrected chi connectivity index (χ4v) is 2.61. The first kappa shape index (κ1) is 15.9. The maximum absolute atomic E-state index is 12.4. The number of hydrogen-bond acceptors (Lipinski definition) is 5. The summed E-state index contributed by atoms with van der Waals surface area (Å²) in [6.07, 6.45) is 0. The molecule has 0 bridgehead atoms. The van der Waals surface area contributed by atoms with Crippen LogP contribution >= 0.6 is 0 Å². The Kier molecular flexibility index (Phi) is 3.69. The molecule has 0 spiro atoms. The van der Waals surface area contributed by atoms with Gasteiger partial charge in [-0.25, -0.2) is 4.79 Å². The van der Waals surface area contributed by atoms with E-state index in [0.717, 1.165) is 5.56 Å². The van der Waals surface area contributed by atoms with Gasteiger partial charge in [0.1, 0.15) is 16.7 Å². The maximum Gasteiger partial charge on any atom is 0.347 e. The van der Waals surface area contributed by atoms with Crippen LogP contribution < -0.4 is 10.9 Å². The number of nitriles is 1. The van der Waals surface area contributed by atoms with Gasteiger partial charge < -0.3 is 14.2 Å². The first-order chi connectivity index (χ1) is 11.3. The van der Waals surface area contributed by atoms with Crippen LogP contribution in [0.2, 0.25) is 0 Å². The Morgan fingerprint density at radius 3 is 2.58 bits per heavy atom. The van der Waals surface area contributed by atoms with E-state index in [9.17, 15) is 4.79 Å². The minimum Gasteiger partial charge on any atom is -0.440 e. The summed E-state index contributed by atoms with van der Waals surface area (Å²) < 4.78 is 11.2. The van der Waals surface area contributed by atoms with Gasteiger partial charge in [-0.2, -0.15) is 5.26 Å². The van der Waals surface area contributed by atoms with Crippen molar-refractivity contribution in [1.82, 2.24) is 0 Å². The highest BCUT2D eigenvalue weighted by molar-refractivity contribution is 5.99. The van der Waals surface area contributed by atoms with E-state index >= 15 is 0 Å². The molecule has 3 rings (SSSR count). The number of nitrogens with one attached hydrogen (secondary N) is 1. The Morgan fingerprint density at radius 2 is 1.92 bits per heavy atom. The van der Waals surface area contributed by atoms with E-state index < -0.39 is 5.63 Å². The van der Waals surface area contributed by atoms with Gasteiger partial charge in [-0.1, -0.05) is 12.1 Å². The second kappa shape index (κ2) is 5.57. The molecule has 0 radical (unpaired) electrons. The lowest BCUT2D eigenvalue weighted by molar-refractivity contribution is 0.485. The lowest BCUT2D eigenvalue weighted by Crippen LogP contribution is -2.26. The Labute approximate surface area is 139 Å².